The maximum atomic E-state index is 10.5. The van der Waals surface area contributed by atoms with E-state index in [0.29, 0.717) is 22.8 Å². The zero-order chi connectivity index (χ0) is 15.2. The van der Waals surface area contributed by atoms with E-state index in [0.717, 1.165) is 9.37 Å². The third-order valence-corrected chi connectivity index (χ3v) is 4.64. The maximum absolute atomic E-state index is 10.5. The summed E-state index contributed by atoms with van der Waals surface area (Å²) >= 11 is 5.00. The lowest BCUT2D eigenvalue weighted by Gasteiger charge is -2.17. The molecule has 0 bridgehead atoms. The van der Waals surface area contributed by atoms with Crippen molar-refractivity contribution in [2.45, 2.75) is 11.0 Å². The first kappa shape index (κ1) is 16.2. The van der Waals surface area contributed by atoms with Crippen molar-refractivity contribution in [1.29, 1.82) is 0 Å². The first-order chi connectivity index (χ1) is 10.2. The van der Waals surface area contributed by atoms with E-state index < -0.39 is 6.10 Å². The van der Waals surface area contributed by atoms with Gasteiger partial charge in [0.2, 0.25) is 0 Å². The van der Waals surface area contributed by atoms with E-state index >= 15 is 0 Å². The fourth-order valence-corrected chi connectivity index (χ4v) is 3.11. The SMILES string of the molecule is COc1cccc(OC)c1C(O)CSc1ccc(Br)cc1. The molecule has 3 nitrogen and oxygen atoms in total. The Morgan fingerprint density at radius 1 is 1.05 bits per heavy atom. The van der Waals surface area contributed by atoms with Gasteiger partial charge in [-0.2, -0.15) is 0 Å². The molecule has 0 amide bonds. The van der Waals surface area contributed by atoms with Crippen molar-refractivity contribution in [3.05, 3.63) is 52.5 Å². The van der Waals surface area contributed by atoms with Crippen LogP contribution in [0, 0.1) is 0 Å². The molecular weight excluding hydrogens is 352 g/mol. The molecule has 0 aromatic heterocycles. The minimum atomic E-state index is -0.662. The van der Waals surface area contributed by atoms with Crippen LogP contribution in [-0.2, 0) is 0 Å². The number of halogens is 1. The fourth-order valence-electron chi connectivity index (χ4n) is 2.00. The molecule has 112 valence electrons. The van der Waals surface area contributed by atoms with E-state index in [1.807, 2.05) is 42.5 Å². The maximum Gasteiger partial charge on any atom is 0.128 e. The van der Waals surface area contributed by atoms with Crippen molar-refractivity contribution in [3.8, 4) is 11.5 Å². The van der Waals surface area contributed by atoms with Crippen molar-refractivity contribution < 1.29 is 14.6 Å². The molecule has 0 aliphatic carbocycles. The summed E-state index contributed by atoms with van der Waals surface area (Å²) in [5.41, 5.74) is 0.687. The van der Waals surface area contributed by atoms with Crippen LogP contribution < -0.4 is 9.47 Å². The summed E-state index contributed by atoms with van der Waals surface area (Å²) in [6.07, 6.45) is -0.662. The van der Waals surface area contributed by atoms with E-state index in [1.165, 1.54) is 0 Å². The number of aliphatic hydroxyl groups is 1. The van der Waals surface area contributed by atoms with E-state index in [1.54, 1.807) is 26.0 Å². The summed E-state index contributed by atoms with van der Waals surface area (Å²) in [5.74, 6) is 1.80. The highest BCUT2D eigenvalue weighted by Crippen LogP contribution is 2.36. The summed E-state index contributed by atoms with van der Waals surface area (Å²) in [4.78, 5) is 1.10. The van der Waals surface area contributed by atoms with Crippen LogP contribution in [0.1, 0.15) is 11.7 Å². The molecule has 0 saturated carbocycles. The summed E-state index contributed by atoms with van der Waals surface area (Å²) in [7, 11) is 3.18. The molecule has 21 heavy (non-hydrogen) atoms. The molecule has 0 saturated heterocycles. The predicted molar refractivity (Wildman–Crippen MR) is 89.4 cm³/mol. The van der Waals surface area contributed by atoms with Gasteiger partial charge in [-0.25, -0.2) is 0 Å². The van der Waals surface area contributed by atoms with Gasteiger partial charge < -0.3 is 14.6 Å². The second-order valence-electron chi connectivity index (χ2n) is 4.36. The molecule has 0 spiro atoms. The van der Waals surface area contributed by atoms with Crippen LogP contribution >= 0.6 is 27.7 Å². The summed E-state index contributed by atoms with van der Waals surface area (Å²) in [6.45, 7) is 0. The van der Waals surface area contributed by atoms with Crippen LogP contribution in [-0.4, -0.2) is 25.1 Å². The molecule has 1 unspecified atom stereocenters. The molecule has 2 aromatic carbocycles. The number of benzene rings is 2. The zero-order valence-corrected chi connectivity index (χ0v) is 14.3. The minimum absolute atomic E-state index is 0.526. The van der Waals surface area contributed by atoms with Crippen molar-refractivity contribution in [2.24, 2.45) is 0 Å². The largest absolute Gasteiger partial charge is 0.496 e. The van der Waals surface area contributed by atoms with Crippen molar-refractivity contribution in [3.63, 3.8) is 0 Å². The topological polar surface area (TPSA) is 38.7 Å². The number of hydrogen-bond acceptors (Lipinski definition) is 4. The average Bonchev–Trinajstić information content (AvgIpc) is 2.53. The number of hydrogen-bond donors (Lipinski definition) is 1. The molecule has 1 atom stereocenters. The lowest BCUT2D eigenvalue weighted by molar-refractivity contribution is 0.193. The van der Waals surface area contributed by atoms with Gasteiger partial charge in [0, 0.05) is 15.1 Å². The standard InChI is InChI=1S/C16H17BrO3S/c1-19-14-4-3-5-15(20-2)16(14)13(18)10-21-12-8-6-11(17)7-9-12/h3-9,13,18H,10H2,1-2H3. The van der Waals surface area contributed by atoms with Gasteiger partial charge >= 0.3 is 0 Å². The molecule has 2 aromatic rings. The molecule has 0 fully saturated rings. The molecule has 1 N–H and O–H groups in total. The number of thioether (sulfide) groups is 1. The second-order valence-corrected chi connectivity index (χ2v) is 6.37. The Labute approximate surface area is 137 Å². The first-order valence-electron chi connectivity index (χ1n) is 6.43. The summed E-state index contributed by atoms with van der Waals surface area (Å²) in [6, 6.07) is 13.5. The molecule has 0 aliphatic heterocycles. The van der Waals surface area contributed by atoms with Gasteiger partial charge in [0.25, 0.3) is 0 Å². The Bertz CT molecular complexity index is 564. The van der Waals surface area contributed by atoms with Crippen LogP contribution in [0.25, 0.3) is 0 Å². The van der Waals surface area contributed by atoms with Crippen LogP contribution in [0.3, 0.4) is 0 Å². The summed E-state index contributed by atoms with van der Waals surface area (Å²) in [5, 5.41) is 10.5. The van der Waals surface area contributed by atoms with Crippen LogP contribution in [0.15, 0.2) is 51.8 Å². The van der Waals surface area contributed by atoms with Gasteiger partial charge in [-0.1, -0.05) is 22.0 Å². The Morgan fingerprint density at radius 3 is 2.14 bits per heavy atom. The highest BCUT2D eigenvalue weighted by molar-refractivity contribution is 9.10. The number of rotatable bonds is 6. The summed E-state index contributed by atoms with van der Waals surface area (Å²) < 4.78 is 11.7. The predicted octanol–water partition coefficient (Wildman–Crippen LogP) is 4.29. The molecular formula is C16H17BrO3S. The van der Waals surface area contributed by atoms with E-state index in [4.69, 9.17) is 9.47 Å². The first-order valence-corrected chi connectivity index (χ1v) is 8.21. The smallest absolute Gasteiger partial charge is 0.128 e. The van der Waals surface area contributed by atoms with Gasteiger partial charge in [0.05, 0.1) is 25.9 Å². The molecule has 0 radical (unpaired) electrons. The van der Waals surface area contributed by atoms with E-state index in [2.05, 4.69) is 15.9 Å². The van der Waals surface area contributed by atoms with Crippen LogP contribution in [0.4, 0.5) is 0 Å². The van der Waals surface area contributed by atoms with Gasteiger partial charge in [0.15, 0.2) is 0 Å². The molecule has 0 aliphatic rings. The molecule has 0 heterocycles. The highest BCUT2D eigenvalue weighted by atomic mass is 79.9. The lowest BCUT2D eigenvalue weighted by atomic mass is 10.1. The van der Waals surface area contributed by atoms with E-state index in [-0.39, 0.29) is 0 Å². The van der Waals surface area contributed by atoms with Crippen molar-refractivity contribution >= 4 is 27.7 Å². The van der Waals surface area contributed by atoms with Crippen molar-refractivity contribution in [2.75, 3.05) is 20.0 Å². The molecule has 5 heteroatoms. The minimum Gasteiger partial charge on any atom is -0.496 e. The number of ether oxygens (including phenoxy) is 2. The van der Waals surface area contributed by atoms with Gasteiger partial charge in [-0.3, -0.25) is 0 Å². The van der Waals surface area contributed by atoms with Gasteiger partial charge in [0.1, 0.15) is 11.5 Å². The zero-order valence-electron chi connectivity index (χ0n) is 11.9. The highest BCUT2D eigenvalue weighted by Gasteiger charge is 2.18. The van der Waals surface area contributed by atoms with Crippen LogP contribution in [0.5, 0.6) is 11.5 Å². The monoisotopic (exact) mass is 368 g/mol. The van der Waals surface area contributed by atoms with Crippen LogP contribution in [0.2, 0.25) is 0 Å². The lowest BCUT2D eigenvalue weighted by Crippen LogP contribution is -2.05. The van der Waals surface area contributed by atoms with Gasteiger partial charge in [-0.15, -0.1) is 11.8 Å². The fraction of sp³-hybridized carbons (Fsp3) is 0.250. The second kappa shape index (κ2) is 7.73. The third kappa shape index (κ3) is 4.15. The number of aliphatic hydroxyl groups excluding tert-OH is 1. The van der Waals surface area contributed by atoms with Gasteiger partial charge in [-0.05, 0) is 36.4 Å². The normalized spacial score (nSPS) is 12.0. The Hall–Kier alpha value is -1.17. The Kier molecular flexibility index (Phi) is 5.96. The Balaban J connectivity index is 2.12. The van der Waals surface area contributed by atoms with Crippen molar-refractivity contribution in [1.82, 2.24) is 0 Å². The quantitative estimate of drug-likeness (QED) is 0.771. The average molecular weight is 369 g/mol. The Morgan fingerprint density at radius 2 is 1.62 bits per heavy atom. The van der Waals surface area contributed by atoms with E-state index in [9.17, 15) is 5.11 Å². The number of methoxy groups -OCH3 is 2. The third-order valence-electron chi connectivity index (χ3n) is 3.02. The molecule has 2 rings (SSSR count).